The molecule has 0 spiro atoms. The van der Waals surface area contributed by atoms with Crippen molar-refractivity contribution in [3.05, 3.63) is 77.5 Å². The van der Waals surface area contributed by atoms with Crippen molar-refractivity contribution >= 4 is 23.5 Å². The van der Waals surface area contributed by atoms with Crippen molar-refractivity contribution in [1.29, 1.82) is 0 Å². The number of hydrogen-bond acceptors (Lipinski definition) is 7. The number of carbonyl (C=O) groups is 3. The largest absolute Gasteiger partial charge is 0.454 e. The molecule has 0 radical (unpaired) electrons. The molecule has 1 aromatic heterocycles. The van der Waals surface area contributed by atoms with Crippen LogP contribution in [0.15, 0.2) is 54.9 Å². The van der Waals surface area contributed by atoms with Crippen LogP contribution < -0.4 is 20.1 Å². The minimum Gasteiger partial charge on any atom is -0.454 e. The van der Waals surface area contributed by atoms with Crippen LogP contribution in [-0.4, -0.2) is 58.5 Å². The van der Waals surface area contributed by atoms with Crippen molar-refractivity contribution in [2.75, 3.05) is 25.2 Å². The Hall–Kier alpha value is -4.54. The van der Waals surface area contributed by atoms with Crippen LogP contribution >= 0.6 is 0 Å². The number of benzene rings is 2. The smallest absolute Gasteiger partial charge is 0.273 e. The standard InChI is InChI=1S/C25H22FN5O5/c26-17-4-1-15(2-5-17)23(32)30-22-21(27-9-10-28-22)24(33)29-18-7-11-31(12-8-18)25(34)16-3-6-19-20(13-16)36-14-35-19/h1-6,9-10,13,18H,7-8,11-12,14H2,(H,29,33)(H,28,30,32). The lowest BCUT2D eigenvalue weighted by molar-refractivity contribution is 0.0697. The maximum absolute atomic E-state index is 13.1. The first kappa shape index (κ1) is 23.2. The van der Waals surface area contributed by atoms with Crippen LogP contribution in [0.2, 0.25) is 0 Å². The van der Waals surface area contributed by atoms with Crippen molar-refractivity contribution in [3.63, 3.8) is 0 Å². The summed E-state index contributed by atoms with van der Waals surface area (Å²) in [5.41, 5.74) is 0.697. The van der Waals surface area contributed by atoms with Crippen LogP contribution in [0.25, 0.3) is 0 Å². The van der Waals surface area contributed by atoms with E-state index in [1.165, 1.54) is 36.7 Å². The van der Waals surface area contributed by atoms with Gasteiger partial charge in [0.25, 0.3) is 17.7 Å². The molecule has 10 nitrogen and oxygen atoms in total. The molecular formula is C25H22FN5O5. The molecule has 0 aliphatic carbocycles. The second kappa shape index (κ2) is 9.98. The molecule has 3 amide bonds. The summed E-state index contributed by atoms with van der Waals surface area (Å²) < 4.78 is 23.8. The van der Waals surface area contributed by atoms with Crippen molar-refractivity contribution in [2.24, 2.45) is 0 Å². The zero-order valence-electron chi connectivity index (χ0n) is 19.1. The van der Waals surface area contributed by atoms with Gasteiger partial charge < -0.3 is 25.0 Å². The van der Waals surface area contributed by atoms with Crippen LogP contribution in [0.5, 0.6) is 11.5 Å². The first-order valence-corrected chi connectivity index (χ1v) is 11.4. The Morgan fingerprint density at radius 3 is 2.36 bits per heavy atom. The maximum atomic E-state index is 13.1. The number of rotatable bonds is 5. The topological polar surface area (TPSA) is 123 Å². The number of anilines is 1. The van der Waals surface area contributed by atoms with Gasteiger partial charge in [-0.15, -0.1) is 0 Å². The fraction of sp³-hybridized carbons (Fsp3) is 0.240. The van der Waals surface area contributed by atoms with Crippen molar-refractivity contribution in [3.8, 4) is 11.5 Å². The molecule has 0 unspecified atom stereocenters. The lowest BCUT2D eigenvalue weighted by Crippen LogP contribution is -2.46. The van der Waals surface area contributed by atoms with Crippen molar-refractivity contribution in [1.82, 2.24) is 20.2 Å². The summed E-state index contributed by atoms with van der Waals surface area (Å²) >= 11 is 0. The van der Waals surface area contributed by atoms with Gasteiger partial charge in [0.15, 0.2) is 23.0 Å². The highest BCUT2D eigenvalue weighted by Gasteiger charge is 2.27. The van der Waals surface area contributed by atoms with Gasteiger partial charge in [0.1, 0.15) is 5.82 Å². The molecule has 2 aliphatic heterocycles. The van der Waals surface area contributed by atoms with E-state index in [0.29, 0.717) is 43.0 Å². The summed E-state index contributed by atoms with van der Waals surface area (Å²) in [4.78, 5) is 48.2. The second-order valence-electron chi connectivity index (χ2n) is 8.32. The van der Waals surface area contributed by atoms with E-state index in [1.807, 2.05) is 0 Å². The molecule has 0 atom stereocenters. The highest BCUT2D eigenvalue weighted by Crippen LogP contribution is 2.33. The van der Waals surface area contributed by atoms with Gasteiger partial charge >= 0.3 is 0 Å². The SMILES string of the molecule is O=C(Nc1nccnc1C(=O)NC1CCN(C(=O)c2ccc3c(c2)OCO3)CC1)c1ccc(F)cc1. The monoisotopic (exact) mass is 491 g/mol. The second-order valence-corrected chi connectivity index (χ2v) is 8.32. The first-order valence-electron chi connectivity index (χ1n) is 11.4. The molecule has 0 bridgehead atoms. The van der Waals surface area contributed by atoms with E-state index in [-0.39, 0.29) is 35.8 Å². The summed E-state index contributed by atoms with van der Waals surface area (Å²) in [6.45, 7) is 1.07. The average Bonchev–Trinajstić information content (AvgIpc) is 3.37. The zero-order chi connectivity index (χ0) is 25.1. The van der Waals surface area contributed by atoms with Gasteiger partial charge in [0, 0.05) is 42.7 Å². The zero-order valence-corrected chi connectivity index (χ0v) is 19.1. The van der Waals surface area contributed by atoms with Gasteiger partial charge in [0.2, 0.25) is 6.79 Å². The van der Waals surface area contributed by atoms with E-state index in [4.69, 9.17) is 9.47 Å². The number of aromatic nitrogens is 2. The molecule has 11 heteroatoms. The van der Waals surface area contributed by atoms with E-state index in [1.54, 1.807) is 23.1 Å². The van der Waals surface area contributed by atoms with E-state index in [2.05, 4.69) is 20.6 Å². The number of likely N-dealkylation sites (tertiary alicyclic amines) is 1. The average molecular weight is 491 g/mol. The lowest BCUT2D eigenvalue weighted by atomic mass is 10.0. The number of piperidine rings is 1. The summed E-state index contributed by atoms with van der Waals surface area (Å²) in [7, 11) is 0. The first-order chi connectivity index (χ1) is 17.5. The van der Waals surface area contributed by atoms with E-state index in [0.717, 1.165) is 0 Å². The summed E-state index contributed by atoms with van der Waals surface area (Å²) in [6.07, 6.45) is 3.82. The summed E-state index contributed by atoms with van der Waals surface area (Å²) in [5, 5.41) is 5.47. The van der Waals surface area contributed by atoms with Crippen molar-refractivity contribution in [2.45, 2.75) is 18.9 Å². The molecule has 184 valence electrons. The van der Waals surface area contributed by atoms with Crippen LogP contribution in [0.4, 0.5) is 10.2 Å². The van der Waals surface area contributed by atoms with Gasteiger partial charge in [-0.05, 0) is 55.3 Å². The third-order valence-electron chi connectivity index (χ3n) is 5.99. The minimum absolute atomic E-state index is 0.000234. The Labute approximate surface area is 205 Å². The fourth-order valence-electron chi connectivity index (χ4n) is 4.07. The van der Waals surface area contributed by atoms with Crippen molar-refractivity contribution < 1.29 is 28.2 Å². The number of halogens is 1. The highest BCUT2D eigenvalue weighted by molar-refractivity contribution is 6.07. The number of ether oxygens (including phenoxy) is 2. The van der Waals surface area contributed by atoms with Gasteiger partial charge in [-0.2, -0.15) is 0 Å². The maximum Gasteiger partial charge on any atom is 0.273 e. The summed E-state index contributed by atoms with van der Waals surface area (Å²) in [5.74, 6) is -0.440. The number of nitrogens with zero attached hydrogens (tertiary/aromatic N) is 3. The van der Waals surface area contributed by atoms with Gasteiger partial charge in [-0.1, -0.05) is 0 Å². The normalized spacial score (nSPS) is 14.9. The Bertz CT molecular complexity index is 1310. The molecule has 2 aliphatic rings. The molecule has 1 saturated heterocycles. The quantitative estimate of drug-likeness (QED) is 0.563. The third-order valence-corrected chi connectivity index (χ3v) is 5.99. The third kappa shape index (κ3) is 4.95. The highest BCUT2D eigenvalue weighted by atomic mass is 19.1. The number of hydrogen-bond donors (Lipinski definition) is 2. The molecular weight excluding hydrogens is 469 g/mol. The molecule has 5 rings (SSSR count). The van der Waals surface area contributed by atoms with Gasteiger partial charge in [-0.25, -0.2) is 14.4 Å². The van der Waals surface area contributed by atoms with Crippen LogP contribution in [0.1, 0.15) is 44.0 Å². The molecule has 1 fully saturated rings. The number of carbonyl (C=O) groups excluding carboxylic acids is 3. The molecule has 3 aromatic rings. The van der Waals surface area contributed by atoms with Crippen LogP contribution in [0, 0.1) is 5.82 Å². The fourth-order valence-corrected chi connectivity index (χ4v) is 4.07. The van der Waals surface area contributed by atoms with Crippen LogP contribution in [-0.2, 0) is 0 Å². The molecule has 36 heavy (non-hydrogen) atoms. The lowest BCUT2D eigenvalue weighted by Gasteiger charge is -2.32. The Morgan fingerprint density at radius 2 is 1.58 bits per heavy atom. The van der Waals surface area contributed by atoms with Gasteiger partial charge in [-0.3, -0.25) is 14.4 Å². The van der Waals surface area contributed by atoms with Gasteiger partial charge in [0.05, 0.1) is 0 Å². The molecule has 2 N–H and O–H groups in total. The predicted octanol–water partition coefficient (Wildman–Crippen LogP) is 2.63. The summed E-state index contributed by atoms with van der Waals surface area (Å²) in [6, 6.07) is 9.93. The number of fused-ring (bicyclic) bond motifs is 1. The molecule has 0 saturated carbocycles. The Morgan fingerprint density at radius 1 is 0.889 bits per heavy atom. The van der Waals surface area contributed by atoms with Crippen LogP contribution in [0.3, 0.4) is 0 Å². The number of amides is 3. The van der Waals surface area contributed by atoms with E-state index >= 15 is 0 Å². The minimum atomic E-state index is -0.542. The Kier molecular flexibility index (Phi) is 6.44. The number of nitrogens with one attached hydrogen (secondary N) is 2. The van der Waals surface area contributed by atoms with E-state index < -0.39 is 17.6 Å². The van der Waals surface area contributed by atoms with E-state index in [9.17, 15) is 18.8 Å². The molecule has 3 heterocycles. The molecule has 2 aromatic carbocycles. The predicted molar refractivity (Wildman–Crippen MR) is 125 cm³/mol. The Balaban J connectivity index is 1.18.